The zero-order valence-corrected chi connectivity index (χ0v) is 12.4. The average molecular weight is 288 g/mol. The molecule has 2 aromatic rings. The molecule has 0 aliphatic heterocycles. The second-order valence-electron chi connectivity index (χ2n) is 5.51. The number of anilines is 1. The standard InChI is InChI=1S/C16H20N2O3/c1-19-12-6-4-11(5-7-12)14-13(21-18-15(14)17)10-16(20-2)8-3-9-16/h4-7H,3,8-10H2,1-2H3,(H2,17,18). The molecular weight excluding hydrogens is 268 g/mol. The third kappa shape index (κ3) is 2.49. The molecule has 0 unspecified atom stereocenters. The summed E-state index contributed by atoms with van der Waals surface area (Å²) >= 11 is 0. The second-order valence-corrected chi connectivity index (χ2v) is 5.51. The van der Waals surface area contributed by atoms with Crippen LogP contribution in [0.3, 0.4) is 0 Å². The first-order valence-corrected chi connectivity index (χ1v) is 7.11. The Balaban J connectivity index is 1.92. The lowest BCUT2D eigenvalue weighted by molar-refractivity contribution is -0.0742. The number of hydrogen-bond donors (Lipinski definition) is 1. The molecule has 3 rings (SSSR count). The molecule has 1 saturated carbocycles. The molecule has 1 aromatic carbocycles. The highest BCUT2D eigenvalue weighted by Crippen LogP contribution is 2.41. The van der Waals surface area contributed by atoms with E-state index in [2.05, 4.69) is 5.16 Å². The van der Waals surface area contributed by atoms with Crippen LogP contribution in [0.25, 0.3) is 11.1 Å². The zero-order valence-electron chi connectivity index (χ0n) is 12.4. The topological polar surface area (TPSA) is 70.5 Å². The van der Waals surface area contributed by atoms with Crippen molar-refractivity contribution in [2.75, 3.05) is 20.0 Å². The monoisotopic (exact) mass is 288 g/mol. The van der Waals surface area contributed by atoms with Crippen LogP contribution in [0.5, 0.6) is 5.75 Å². The summed E-state index contributed by atoms with van der Waals surface area (Å²) in [5.41, 5.74) is 7.71. The smallest absolute Gasteiger partial charge is 0.175 e. The molecule has 112 valence electrons. The highest BCUT2D eigenvalue weighted by Gasteiger charge is 2.39. The summed E-state index contributed by atoms with van der Waals surface area (Å²) in [5, 5.41) is 3.93. The van der Waals surface area contributed by atoms with Crippen molar-refractivity contribution in [3.63, 3.8) is 0 Å². The van der Waals surface area contributed by atoms with Crippen molar-refractivity contribution in [2.24, 2.45) is 0 Å². The third-order valence-corrected chi connectivity index (χ3v) is 4.35. The Kier molecular flexibility index (Phi) is 3.59. The third-order valence-electron chi connectivity index (χ3n) is 4.35. The molecule has 0 amide bonds. The average Bonchev–Trinajstić information content (AvgIpc) is 2.84. The molecule has 1 aromatic heterocycles. The van der Waals surface area contributed by atoms with Gasteiger partial charge in [0.2, 0.25) is 0 Å². The van der Waals surface area contributed by atoms with Gasteiger partial charge in [-0.3, -0.25) is 0 Å². The Morgan fingerprint density at radius 2 is 1.95 bits per heavy atom. The molecule has 1 fully saturated rings. The van der Waals surface area contributed by atoms with E-state index in [-0.39, 0.29) is 5.60 Å². The molecule has 1 aliphatic carbocycles. The number of hydrogen-bond acceptors (Lipinski definition) is 5. The lowest BCUT2D eigenvalue weighted by Gasteiger charge is -2.39. The number of rotatable bonds is 5. The van der Waals surface area contributed by atoms with E-state index in [4.69, 9.17) is 19.7 Å². The van der Waals surface area contributed by atoms with E-state index in [0.717, 1.165) is 35.5 Å². The van der Waals surface area contributed by atoms with Gasteiger partial charge in [0.1, 0.15) is 11.5 Å². The minimum atomic E-state index is -0.118. The molecule has 1 aliphatic rings. The van der Waals surface area contributed by atoms with E-state index in [1.165, 1.54) is 6.42 Å². The summed E-state index contributed by atoms with van der Waals surface area (Å²) in [4.78, 5) is 0. The van der Waals surface area contributed by atoms with Crippen LogP contribution >= 0.6 is 0 Å². The molecule has 21 heavy (non-hydrogen) atoms. The molecular formula is C16H20N2O3. The van der Waals surface area contributed by atoms with Crippen molar-refractivity contribution < 1.29 is 14.0 Å². The number of nitrogens with two attached hydrogens (primary N) is 1. The van der Waals surface area contributed by atoms with Gasteiger partial charge in [-0.05, 0) is 37.0 Å². The van der Waals surface area contributed by atoms with Gasteiger partial charge in [-0.1, -0.05) is 17.3 Å². The van der Waals surface area contributed by atoms with Gasteiger partial charge in [-0.25, -0.2) is 0 Å². The lowest BCUT2D eigenvalue weighted by Crippen LogP contribution is -2.41. The van der Waals surface area contributed by atoms with Gasteiger partial charge in [0.25, 0.3) is 0 Å². The van der Waals surface area contributed by atoms with Crippen LogP contribution in [0.4, 0.5) is 5.82 Å². The Morgan fingerprint density at radius 3 is 2.48 bits per heavy atom. The maximum absolute atomic E-state index is 5.99. The summed E-state index contributed by atoms with van der Waals surface area (Å²) in [6.45, 7) is 0. The van der Waals surface area contributed by atoms with Crippen molar-refractivity contribution in [2.45, 2.75) is 31.3 Å². The Bertz CT molecular complexity index is 609. The highest BCUT2D eigenvalue weighted by molar-refractivity contribution is 5.76. The molecule has 0 spiro atoms. The van der Waals surface area contributed by atoms with Gasteiger partial charge < -0.3 is 19.7 Å². The number of nitrogen functional groups attached to an aromatic ring is 1. The first-order chi connectivity index (χ1) is 10.2. The van der Waals surface area contributed by atoms with Crippen molar-refractivity contribution in [3.05, 3.63) is 30.0 Å². The summed E-state index contributed by atoms with van der Waals surface area (Å²) in [6.07, 6.45) is 3.99. The predicted molar refractivity (Wildman–Crippen MR) is 80.2 cm³/mol. The van der Waals surface area contributed by atoms with Gasteiger partial charge in [0, 0.05) is 13.5 Å². The highest BCUT2D eigenvalue weighted by atomic mass is 16.5. The van der Waals surface area contributed by atoms with E-state index in [1.54, 1.807) is 14.2 Å². The van der Waals surface area contributed by atoms with Crippen molar-refractivity contribution in [1.29, 1.82) is 0 Å². The normalized spacial score (nSPS) is 16.5. The lowest BCUT2D eigenvalue weighted by atomic mass is 9.76. The van der Waals surface area contributed by atoms with E-state index >= 15 is 0 Å². The van der Waals surface area contributed by atoms with E-state index in [1.807, 2.05) is 24.3 Å². The van der Waals surface area contributed by atoms with E-state index in [0.29, 0.717) is 12.2 Å². The quantitative estimate of drug-likeness (QED) is 0.915. The number of aromatic nitrogens is 1. The molecule has 1 heterocycles. The second kappa shape index (κ2) is 5.41. The van der Waals surface area contributed by atoms with Crippen LogP contribution in [0.1, 0.15) is 25.0 Å². The first kappa shape index (κ1) is 13.9. The Morgan fingerprint density at radius 1 is 1.24 bits per heavy atom. The van der Waals surface area contributed by atoms with Crippen LogP contribution in [-0.4, -0.2) is 25.0 Å². The van der Waals surface area contributed by atoms with E-state index in [9.17, 15) is 0 Å². The zero-order chi connectivity index (χ0) is 14.9. The molecule has 5 nitrogen and oxygen atoms in total. The molecule has 0 atom stereocenters. The number of benzene rings is 1. The van der Waals surface area contributed by atoms with Gasteiger partial charge in [0.05, 0.1) is 18.3 Å². The van der Waals surface area contributed by atoms with Crippen molar-refractivity contribution >= 4 is 5.82 Å². The maximum atomic E-state index is 5.99. The minimum Gasteiger partial charge on any atom is -0.497 e. The predicted octanol–water partition coefficient (Wildman–Crippen LogP) is 3.04. The van der Waals surface area contributed by atoms with Gasteiger partial charge >= 0.3 is 0 Å². The maximum Gasteiger partial charge on any atom is 0.175 e. The van der Waals surface area contributed by atoms with Crippen LogP contribution in [0, 0.1) is 0 Å². The minimum absolute atomic E-state index is 0.118. The van der Waals surface area contributed by atoms with Crippen LogP contribution in [0.15, 0.2) is 28.8 Å². The SMILES string of the molecule is COc1ccc(-c2c(N)noc2CC2(OC)CCC2)cc1. The largest absolute Gasteiger partial charge is 0.497 e. The number of nitrogens with zero attached hydrogens (tertiary/aromatic N) is 1. The summed E-state index contributed by atoms with van der Waals surface area (Å²) in [7, 11) is 3.40. The first-order valence-electron chi connectivity index (χ1n) is 7.11. The Hall–Kier alpha value is -2.01. The van der Waals surface area contributed by atoms with Crippen molar-refractivity contribution in [3.8, 4) is 16.9 Å². The Labute approximate surface area is 124 Å². The number of methoxy groups -OCH3 is 2. The van der Waals surface area contributed by atoms with E-state index < -0.39 is 0 Å². The van der Waals surface area contributed by atoms with Gasteiger partial charge in [-0.2, -0.15) is 0 Å². The van der Waals surface area contributed by atoms with Gasteiger partial charge in [-0.15, -0.1) is 0 Å². The van der Waals surface area contributed by atoms with Crippen molar-refractivity contribution in [1.82, 2.24) is 5.16 Å². The fraction of sp³-hybridized carbons (Fsp3) is 0.438. The summed E-state index contributed by atoms with van der Waals surface area (Å²) in [5.74, 6) is 2.02. The molecule has 0 bridgehead atoms. The molecule has 0 saturated heterocycles. The van der Waals surface area contributed by atoms with Crippen LogP contribution in [-0.2, 0) is 11.2 Å². The fourth-order valence-electron chi connectivity index (χ4n) is 2.84. The van der Waals surface area contributed by atoms with Gasteiger partial charge in [0.15, 0.2) is 5.82 Å². The van der Waals surface area contributed by atoms with Crippen LogP contribution < -0.4 is 10.5 Å². The fourth-order valence-corrected chi connectivity index (χ4v) is 2.84. The number of ether oxygens (including phenoxy) is 2. The summed E-state index contributed by atoms with van der Waals surface area (Å²) < 4.78 is 16.3. The summed E-state index contributed by atoms with van der Waals surface area (Å²) in [6, 6.07) is 7.74. The molecule has 0 radical (unpaired) electrons. The molecule has 2 N–H and O–H groups in total. The molecule has 5 heteroatoms. The van der Waals surface area contributed by atoms with Crippen LogP contribution in [0.2, 0.25) is 0 Å².